The number of carbonyl (C=O) groups is 1. The number of β-amino-alcohol motifs (C(OH)–C–C–N with tert-alkyl or cyclic N) is 1. The van der Waals surface area contributed by atoms with Crippen molar-refractivity contribution in [3.63, 3.8) is 0 Å². The number of Topliss-reactive ketones (excluding diaryl/α,β-unsaturated/α-hetero) is 1. The largest absolute Gasteiger partial charge is 0.490 e. The molecule has 1 fully saturated rings. The fourth-order valence-electron chi connectivity index (χ4n) is 2.82. The summed E-state index contributed by atoms with van der Waals surface area (Å²) in [4.78, 5) is 13.8. The van der Waals surface area contributed by atoms with E-state index in [0.717, 1.165) is 6.54 Å². The number of ketones is 1. The molecule has 1 heterocycles. The average molecular weight is 291 g/mol. The Morgan fingerprint density at radius 3 is 2.90 bits per heavy atom. The number of hydrogen-bond acceptors (Lipinski definition) is 4. The number of rotatable bonds is 6. The summed E-state index contributed by atoms with van der Waals surface area (Å²) in [7, 11) is 0. The van der Waals surface area contributed by atoms with E-state index in [1.807, 2.05) is 12.1 Å². The Labute approximate surface area is 126 Å². The van der Waals surface area contributed by atoms with Crippen LogP contribution in [0.2, 0.25) is 0 Å². The van der Waals surface area contributed by atoms with Gasteiger partial charge in [-0.1, -0.05) is 18.6 Å². The summed E-state index contributed by atoms with van der Waals surface area (Å²) in [5, 5.41) is 10.2. The van der Waals surface area contributed by atoms with E-state index < -0.39 is 6.10 Å². The highest BCUT2D eigenvalue weighted by atomic mass is 16.5. The number of para-hydroxylation sites is 1. The lowest BCUT2D eigenvalue weighted by Crippen LogP contribution is -2.43. The molecule has 0 radical (unpaired) electrons. The summed E-state index contributed by atoms with van der Waals surface area (Å²) >= 11 is 0. The van der Waals surface area contributed by atoms with Gasteiger partial charge in [-0.2, -0.15) is 0 Å². The lowest BCUT2D eigenvalue weighted by atomic mass is 10.0. The minimum atomic E-state index is -0.537. The number of hydrogen-bond donors (Lipinski definition) is 1. The molecule has 4 heteroatoms. The van der Waals surface area contributed by atoms with Crippen molar-refractivity contribution in [2.24, 2.45) is 0 Å². The third kappa shape index (κ3) is 4.55. The molecule has 0 saturated carbocycles. The van der Waals surface area contributed by atoms with Gasteiger partial charge in [-0.15, -0.1) is 0 Å². The average Bonchev–Trinajstić information content (AvgIpc) is 2.48. The third-order valence-corrected chi connectivity index (χ3v) is 4.08. The summed E-state index contributed by atoms with van der Waals surface area (Å²) in [5.74, 6) is 0.528. The van der Waals surface area contributed by atoms with E-state index in [2.05, 4.69) is 11.8 Å². The van der Waals surface area contributed by atoms with E-state index in [-0.39, 0.29) is 12.4 Å². The highest BCUT2D eigenvalue weighted by Gasteiger charge is 2.21. The van der Waals surface area contributed by atoms with Crippen molar-refractivity contribution in [1.82, 2.24) is 4.90 Å². The topological polar surface area (TPSA) is 49.8 Å². The van der Waals surface area contributed by atoms with Crippen LogP contribution in [0.5, 0.6) is 5.75 Å². The van der Waals surface area contributed by atoms with E-state index >= 15 is 0 Å². The molecule has 1 N–H and O–H groups in total. The second-order valence-corrected chi connectivity index (χ2v) is 5.86. The number of likely N-dealkylation sites (tertiary alicyclic amines) is 1. The third-order valence-electron chi connectivity index (χ3n) is 4.08. The molecule has 0 unspecified atom stereocenters. The van der Waals surface area contributed by atoms with Crippen LogP contribution >= 0.6 is 0 Å². The first-order valence-electron chi connectivity index (χ1n) is 7.73. The van der Waals surface area contributed by atoms with E-state index in [9.17, 15) is 9.90 Å². The Kier molecular flexibility index (Phi) is 5.76. The van der Waals surface area contributed by atoms with Gasteiger partial charge >= 0.3 is 0 Å². The van der Waals surface area contributed by atoms with Crippen LogP contribution in [0, 0.1) is 0 Å². The predicted octanol–water partition coefficient (Wildman–Crippen LogP) is 2.50. The molecule has 0 amide bonds. The molecular weight excluding hydrogens is 266 g/mol. The minimum absolute atomic E-state index is 0.0234. The fraction of sp³-hybridized carbons (Fsp3) is 0.588. The van der Waals surface area contributed by atoms with Gasteiger partial charge in [-0.3, -0.25) is 9.69 Å². The zero-order chi connectivity index (χ0) is 15.2. The first-order valence-corrected chi connectivity index (χ1v) is 7.73. The van der Waals surface area contributed by atoms with Gasteiger partial charge in [-0.05, 0) is 45.4 Å². The van der Waals surface area contributed by atoms with Crippen LogP contribution in [-0.4, -0.2) is 47.6 Å². The van der Waals surface area contributed by atoms with Gasteiger partial charge in [0.2, 0.25) is 0 Å². The lowest BCUT2D eigenvalue weighted by molar-refractivity contribution is 0.0435. The second kappa shape index (κ2) is 7.57. The van der Waals surface area contributed by atoms with Gasteiger partial charge in [0.25, 0.3) is 0 Å². The summed E-state index contributed by atoms with van der Waals surface area (Å²) in [6.07, 6.45) is 3.13. The van der Waals surface area contributed by atoms with Gasteiger partial charge < -0.3 is 9.84 Å². The number of aliphatic hydroxyl groups is 1. The molecule has 0 spiro atoms. The Bertz CT molecular complexity index is 475. The van der Waals surface area contributed by atoms with E-state index in [1.165, 1.54) is 26.2 Å². The number of nitrogens with zero attached hydrogens (tertiary/aromatic N) is 1. The molecule has 1 aliphatic rings. The van der Waals surface area contributed by atoms with Crippen molar-refractivity contribution in [3.05, 3.63) is 29.8 Å². The molecule has 116 valence electrons. The molecule has 0 bridgehead atoms. The zero-order valence-electron chi connectivity index (χ0n) is 12.9. The minimum Gasteiger partial charge on any atom is -0.490 e. The normalized spacial score (nSPS) is 21.0. The fourth-order valence-corrected chi connectivity index (χ4v) is 2.82. The van der Waals surface area contributed by atoms with Crippen LogP contribution in [0.25, 0.3) is 0 Å². The summed E-state index contributed by atoms with van der Waals surface area (Å²) in [5.41, 5.74) is 0.566. The van der Waals surface area contributed by atoms with Gasteiger partial charge in [-0.25, -0.2) is 0 Å². The number of ether oxygens (including phenoxy) is 1. The van der Waals surface area contributed by atoms with Crippen molar-refractivity contribution in [1.29, 1.82) is 0 Å². The second-order valence-electron chi connectivity index (χ2n) is 5.86. The monoisotopic (exact) mass is 291 g/mol. The smallest absolute Gasteiger partial charge is 0.163 e. The van der Waals surface area contributed by atoms with Gasteiger partial charge in [0.15, 0.2) is 5.78 Å². The quantitative estimate of drug-likeness (QED) is 0.818. The molecule has 1 aromatic carbocycles. The van der Waals surface area contributed by atoms with Crippen molar-refractivity contribution < 1.29 is 14.6 Å². The number of piperidine rings is 1. The van der Waals surface area contributed by atoms with Crippen LogP contribution in [0.4, 0.5) is 0 Å². The Hall–Kier alpha value is -1.39. The number of aliphatic hydroxyl groups excluding tert-OH is 1. The summed E-state index contributed by atoms with van der Waals surface area (Å²) in [6, 6.07) is 7.69. The number of benzene rings is 1. The highest BCUT2D eigenvalue weighted by Crippen LogP contribution is 2.19. The maximum absolute atomic E-state index is 11.5. The van der Waals surface area contributed by atoms with Crippen molar-refractivity contribution in [2.45, 2.75) is 45.3 Å². The molecule has 1 aromatic rings. The maximum atomic E-state index is 11.5. The van der Waals surface area contributed by atoms with Crippen LogP contribution in [-0.2, 0) is 0 Å². The summed E-state index contributed by atoms with van der Waals surface area (Å²) < 4.78 is 5.64. The first kappa shape index (κ1) is 16.0. The van der Waals surface area contributed by atoms with Crippen molar-refractivity contribution in [3.8, 4) is 5.75 Å². The molecule has 2 atom stereocenters. The van der Waals surface area contributed by atoms with Crippen LogP contribution in [0.15, 0.2) is 24.3 Å². The Morgan fingerprint density at radius 1 is 1.43 bits per heavy atom. The maximum Gasteiger partial charge on any atom is 0.163 e. The molecule has 4 nitrogen and oxygen atoms in total. The van der Waals surface area contributed by atoms with Crippen LogP contribution < -0.4 is 4.74 Å². The number of carbonyl (C=O) groups excluding carboxylic acids is 1. The Morgan fingerprint density at radius 2 is 2.19 bits per heavy atom. The zero-order valence-corrected chi connectivity index (χ0v) is 12.9. The van der Waals surface area contributed by atoms with Gasteiger partial charge in [0.1, 0.15) is 18.5 Å². The lowest BCUT2D eigenvalue weighted by Gasteiger charge is -2.34. The van der Waals surface area contributed by atoms with Gasteiger partial charge in [0.05, 0.1) is 5.56 Å². The SMILES string of the molecule is CC(=O)c1ccccc1OC[C@@H](O)CN1CCCC[C@@H]1C. The standard InChI is InChI=1S/C17H25NO3/c1-13-7-5-6-10-18(13)11-15(20)12-21-17-9-4-3-8-16(17)14(2)19/h3-4,8-9,13,15,20H,5-7,10-12H2,1-2H3/t13-,15-/m0/s1. The van der Waals surface area contributed by atoms with Gasteiger partial charge in [0, 0.05) is 12.6 Å². The molecule has 0 aliphatic carbocycles. The highest BCUT2D eigenvalue weighted by molar-refractivity contribution is 5.96. The van der Waals surface area contributed by atoms with E-state index in [0.29, 0.717) is 23.9 Å². The van der Waals surface area contributed by atoms with Crippen LogP contribution in [0.1, 0.15) is 43.5 Å². The van der Waals surface area contributed by atoms with E-state index in [4.69, 9.17) is 4.74 Å². The Balaban J connectivity index is 1.86. The first-order chi connectivity index (χ1) is 10.1. The van der Waals surface area contributed by atoms with E-state index in [1.54, 1.807) is 12.1 Å². The summed E-state index contributed by atoms with van der Waals surface area (Å²) in [6.45, 7) is 5.62. The molecule has 1 saturated heterocycles. The van der Waals surface area contributed by atoms with Crippen LogP contribution in [0.3, 0.4) is 0 Å². The van der Waals surface area contributed by atoms with Crippen molar-refractivity contribution >= 4 is 5.78 Å². The molecule has 0 aromatic heterocycles. The predicted molar refractivity (Wildman–Crippen MR) is 82.8 cm³/mol. The molecular formula is C17H25NO3. The molecule has 21 heavy (non-hydrogen) atoms. The molecule has 2 rings (SSSR count). The molecule has 1 aliphatic heterocycles. The van der Waals surface area contributed by atoms with Crippen molar-refractivity contribution in [2.75, 3.05) is 19.7 Å².